The van der Waals surface area contributed by atoms with E-state index in [1.807, 2.05) is 0 Å². The average Bonchev–Trinajstić information content (AvgIpc) is 3.21. The number of esters is 2. The predicted molar refractivity (Wildman–Crippen MR) is 161 cm³/mol. The number of carbonyl (C=O) groups excluding carboxylic acids is 2. The normalized spacial score (nSPS) is 44.7. The van der Waals surface area contributed by atoms with Gasteiger partial charge in [0.05, 0.1) is 40.3 Å². The van der Waals surface area contributed by atoms with Gasteiger partial charge in [0.1, 0.15) is 12.1 Å². The maximum Gasteiger partial charge on any atom is 0.303 e. The molecule has 4 aliphatic carbocycles. The van der Waals surface area contributed by atoms with Crippen LogP contribution in [0.1, 0.15) is 111 Å². The predicted octanol–water partition coefficient (Wildman–Crippen LogP) is 0.119. The van der Waals surface area contributed by atoms with E-state index in [-0.39, 0.29) is 77.5 Å². The van der Waals surface area contributed by atoms with Crippen LogP contribution in [-0.4, -0.2) is 85.5 Å². The van der Waals surface area contributed by atoms with Crippen molar-refractivity contribution in [3.63, 3.8) is 0 Å². The summed E-state index contributed by atoms with van der Waals surface area (Å²) < 4.78 is 14.6. The largest absolute Gasteiger partial charge is 1.00 e. The van der Waals surface area contributed by atoms with Crippen LogP contribution in [0.3, 0.4) is 0 Å². The lowest BCUT2D eigenvalue weighted by molar-refractivity contribution is -0.946. The van der Waals surface area contributed by atoms with Gasteiger partial charge in [-0.1, -0.05) is 13.8 Å². The molecule has 6 rings (SSSR count). The second-order valence-corrected chi connectivity index (χ2v) is 16.7. The molecule has 10 atom stereocenters. The van der Waals surface area contributed by atoms with Gasteiger partial charge < -0.3 is 66.4 Å². The highest BCUT2D eigenvalue weighted by Gasteiger charge is 2.68. The summed E-state index contributed by atoms with van der Waals surface area (Å²) in [5, 5.41) is 0. The molecule has 8 heteroatoms. The standard InChI is InChI=1S/C35H60N2O4.2HI/c1-24(38)40-31-21-26-13-14-27-28(35(26,4)23-30(31)36(5)17-9-7-10-18-36)15-16-34(3)29(27)22-32(41-25(2)39)33(34)37(6)19-11-8-12-20-37;;/h26-33H,7-23H2,1-6H3;2*1H/q+2;;/p-2/t26-,27+,28-,29-,30-,31-,32-,33-,34-,35-;;/m0../s1. The van der Waals surface area contributed by atoms with Gasteiger partial charge in [0.25, 0.3) is 0 Å². The van der Waals surface area contributed by atoms with Gasteiger partial charge in [0.2, 0.25) is 0 Å². The summed E-state index contributed by atoms with van der Waals surface area (Å²) in [7, 11) is 4.96. The van der Waals surface area contributed by atoms with Crippen molar-refractivity contribution in [2.75, 3.05) is 40.3 Å². The van der Waals surface area contributed by atoms with Crippen molar-refractivity contribution in [2.24, 2.45) is 34.5 Å². The minimum absolute atomic E-state index is 0. The zero-order valence-electron chi connectivity index (χ0n) is 27.9. The minimum Gasteiger partial charge on any atom is -1.00 e. The van der Waals surface area contributed by atoms with Crippen LogP contribution in [-0.2, 0) is 19.1 Å². The van der Waals surface area contributed by atoms with Gasteiger partial charge in [-0.3, -0.25) is 9.59 Å². The second kappa shape index (κ2) is 13.4. The van der Waals surface area contributed by atoms with Crippen molar-refractivity contribution in [1.82, 2.24) is 0 Å². The fourth-order valence-corrected chi connectivity index (χ4v) is 12.7. The monoisotopic (exact) mass is 826 g/mol. The molecule has 2 saturated heterocycles. The van der Waals surface area contributed by atoms with Crippen LogP contribution in [0.25, 0.3) is 0 Å². The molecule has 0 spiro atoms. The third kappa shape index (κ3) is 6.32. The fraction of sp³-hybridized carbons (Fsp3) is 0.943. The molecule has 43 heavy (non-hydrogen) atoms. The zero-order valence-corrected chi connectivity index (χ0v) is 32.2. The van der Waals surface area contributed by atoms with E-state index in [0.29, 0.717) is 35.3 Å². The summed E-state index contributed by atoms with van der Waals surface area (Å²) in [6, 6.07) is 0.837. The smallest absolute Gasteiger partial charge is 0.303 e. The van der Waals surface area contributed by atoms with Gasteiger partial charge in [-0.25, -0.2) is 0 Å². The lowest BCUT2D eigenvalue weighted by Crippen LogP contribution is -3.00. The number of likely N-dealkylation sites (tertiary alicyclic amines) is 2. The number of ether oxygens (including phenoxy) is 2. The van der Waals surface area contributed by atoms with Crippen LogP contribution in [0.4, 0.5) is 0 Å². The van der Waals surface area contributed by atoms with Crippen molar-refractivity contribution in [1.29, 1.82) is 0 Å². The maximum atomic E-state index is 12.4. The second-order valence-electron chi connectivity index (χ2n) is 16.7. The van der Waals surface area contributed by atoms with Crippen molar-refractivity contribution in [3.05, 3.63) is 0 Å². The van der Waals surface area contributed by atoms with Gasteiger partial charge in [-0.05, 0) is 106 Å². The van der Waals surface area contributed by atoms with E-state index in [4.69, 9.17) is 9.47 Å². The number of quaternary nitrogens is 2. The summed E-state index contributed by atoms with van der Waals surface area (Å²) >= 11 is 0. The Bertz CT molecular complexity index is 1010. The first-order valence-electron chi connectivity index (χ1n) is 17.4. The number of fused-ring (bicyclic) bond motifs is 5. The van der Waals surface area contributed by atoms with Crippen LogP contribution in [0.5, 0.6) is 0 Å². The van der Waals surface area contributed by atoms with Crippen molar-refractivity contribution in [2.45, 2.75) is 135 Å². The van der Waals surface area contributed by atoms with Crippen molar-refractivity contribution >= 4 is 11.9 Å². The summed E-state index contributed by atoms with van der Waals surface area (Å²) in [6.45, 7) is 13.4. The summed E-state index contributed by atoms with van der Waals surface area (Å²) in [5.41, 5.74) is 0.527. The van der Waals surface area contributed by atoms with E-state index < -0.39 is 0 Å². The minimum atomic E-state index is -0.0998. The number of carbonyl (C=O) groups is 2. The van der Waals surface area contributed by atoms with Crippen molar-refractivity contribution < 1.29 is 76.0 Å². The summed E-state index contributed by atoms with van der Waals surface area (Å²) in [4.78, 5) is 24.7. The number of nitrogens with zero attached hydrogens (tertiary/aromatic N) is 2. The zero-order chi connectivity index (χ0) is 29.2. The molecule has 0 radical (unpaired) electrons. The molecule has 0 amide bonds. The first kappa shape index (κ1) is 36.2. The Morgan fingerprint density at radius 1 is 0.674 bits per heavy atom. The first-order valence-corrected chi connectivity index (χ1v) is 17.4. The molecule has 0 bridgehead atoms. The average molecular weight is 827 g/mol. The van der Waals surface area contributed by atoms with Crippen LogP contribution >= 0.6 is 0 Å². The van der Waals surface area contributed by atoms with E-state index in [0.717, 1.165) is 27.7 Å². The highest BCUT2D eigenvalue weighted by Crippen LogP contribution is 2.68. The molecular weight excluding hydrogens is 766 g/mol. The van der Waals surface area contributed by atoms with Crippen LogP contribution in [0.15, 0.2) is 0 Å². The Morgan fingerprint density at radius 3 is 1.81 bits per heavy atom. The van der Waals surface area contributed by atoms with Crippen LogP contribution < -0.4 is 48.0 Å². The number of halogens is 2. The van der Waals surface area contributed by atoms with Gasteiger partial charge in [-0.2, -0.15) is 0 Å². The topological polar surface area (TPSA) is 52.6 Å². The van der Waals surface area contributed by atoms with Gasteiger partial charge >= 0.3 is 11.9 Å². The Kier molecular flexibility index (Phi) is 11.3. The van der Waals surface area contributed by atoms with Crippen LogP contribution in [0, 0.1) is 34.5 Å². The van der Waals surface area contributed by atoms with Gasteiger partial charge in [0, 0.05) is 25.7 Å². The van der Waals surface area contributed by atoms with E-state index in [1.54, 1.807) is 13.8 Å². The number of rotatable bonds is 4. The summed E-state index contributed by atoms with van der Waals surface area (Å²) in [6.07, 6.45) is 16.4. The Hall–Kier alpha value is 0.320. The van der Waals surface area contributed by atoms with E-state index >= 15 is 0 Å². The Balaban J connectivity index is 0.00000212. The molecular formula is C35H60I2N2O4. The highest BCUT2D eigenvalue weighted by molar-refractivity contribution is 5.66. The highest BCUT2D eigenvalue weighted by atomic mass is 127. The third-order valence-electron chi connectivity index (χ3n) is 14.4. The number of hydrogen-bond acceptors (Lipinski definition) is 4. The lowest BCUT2D eigenvalue weighted by Gasteiger charge is -2.63. The number of hydrogen-bond donors (Lipinski definition) is 0. The molecule has 6 fully saturated rings. The molecule has 6 nitrogen and oxygen atoms in total. The molecule has 2 aliphatic heterocycles. The molecule has 4 saturated carbocycles. The summed E-state index contributed by atoms with van der Waals surface area (Å²) in [5.74, 6) is 2.51. The van der Waals surface area contributed by atoms with Gasteiger partial charge in [-0.15, -0.1) is 0 Å². The molecule has 0 N–H and O–H groups in total. The van der Waals surface area contributed by atoms with E-state index in [1.165, 1.54) is 96.8 Å². The molecule has 2 heterocycles. The van der Waals surface area contributed by atoms with E-state index in [2.05, 4.69) is 27.9 Å². The quantitative estimate of drug-likeness (QED) is 0.230. The Morgan fingerprint density at radius 2 is 1.23 bits per heavy atom. The molecule has 6 aliphatic rings. The number of piperidine rings is 2. The molecule has 0 aromatic heterocycles. The fourth-order valence-electron chi connectivity index (χ4n) is 12.7. The molecule has 248 valence electrons. The van der Waals surface area contributed by atoms with Crippen molar-refractivity contribution in [3.8, 4) is 0 Å². The lowest BCUT2D eigenvalue weighted by atomic mass is 9.44. The molecule has 0 aromatic carbocycles. The molecule has 0 unspecified atom stereocenters. The Labute approximate surface area is 296 Å². The van der Waals surface area contributed by atoms with Gasteiger partial charge in [0.15, 0.2) is 12.2 Å². The maximum absolute atomic E-state index is 12.4. The van der Waals surface area contributed by atoms with Crippen LogP contribution in [0.2, 0.25) is 0 Å². The number of likely N-dealkylation sites (N-methyl/N-ethyl adjacent to an activating group) is 2. The first-order chi connectivity index (χ1) is 19.4. The molecule has 0 aromatic rings. The third-order valence-corrected chi connectivity index (χ3v) is 14.4. The SMILES string of the molecule is CC(=O)O[C@H]1C[C@@H]2CC[C@@H]3[C@H](CC[C@@]4(C)[C@H]3C[C@H](OC(C)=O)[C@@H]4[N+]3(C)CCCCC3)[C@@]2(C)C[C@@H]1[N+]1(C)CCCCC1.[I-].[I-]. The van der Waals surface area contributed by atoms with E-state index in [9.17, 15) is 9.59 Å².